The van der Waals surface area contributed by atoms with Gasteiger partial charge in [-0.05, 0) is 6.42 Å². The number of carboxylic acid groups (broad SMARTS) is 1. The number of amides is 1. The first kappa shape index (κ1) is 36.5. The Morgan fingerprint density at radius 3 is 1.34 bits per heavy atom. The molecule has 0 aromatic rings. The Balaban J connectivity index is -0.000000561. The Hall–Kier alpha value is -0.0600. The van der Waals surface area contributed by atoms with Crippen molar-refractivity contribution in [1.82, 2.24) is 4.90 Å². The molecule has 0 unspecified atom stereocenters. The van der Waals surface area contributed by atoms with Gasteiger partial charge in [0, 0.05) is 13.5 Å². The summed E-state index contributed by atoms with van der Waals surface area (Å²) in [6.07, 6.45) is 25.3. The van der Waals surface area contributed by atoms with Gasteiger partial charge >= 0.3 is 35.5 Å². The second-order valence-corrected chi connectivity index (χ2v) is 8.90. The molecule has 0 saturated carbocycles. The van der Waals surface area contributed by atoms with Crippen molar-refractivity contribution in [2.24, 2.45) is 0 Å². The Morgan fingerprint density at radius 2 is 1.00 bits per heavy atom. The molecule has 1 N–H and O–H groups in total. The van der Waals surface area contributed by atoms with Crippen molar-refractivity contribution in [3.8, 4) is 0 Å². The molecular weight excluding hydrogens is 409 g/mol. The average molecular weight is 464 g/mol. The van der Waals surface area contributed by atoms with Gasteiger partial charge in [0.25, 0.3) is 0 Å². The van der Waals surface area contributed by atoms with Crippen molar-refractivity contribution in [2.45, 2.75) is 142 Å². The molecule has 5 heteroatoms. The minimum Gasteiger partial charge on any atom is -0.480 e. The maximum absolute atomic E-state index is 11.5. The zero-order valence-electron chi connectivity index (χ0n) is 22.3. The van der Waals surface area contributed by atoms with Crippen LogP contribution in [0.5, 0.6) is 0 Å². The summed E-state index contributed by atoms with van der Waals surface area (Å²) in [6.45, 7) is 8.14. The molecule has 0 bridgehead atoms. The molecule has 4 nitrogen and oxygen atoms in total. The number of carbonyl (C=O) groups is 2. The van der Waals surface area contributed by atoms with Crippen molar-refractivity contribution in [3.63, 3.8) is 0 Å². The second-order valence-electron chi connectivity index (χ2n) is 8.90. The van der Waals surface area contributed by atoms with E-state index in [0.29, 0.717) is 6.42 Å². The fourth-order valence-electron chi connectivity index (χ4n) is 3.56. The van der Waals surface area contributed by atoms with Gasteiger partial charge in [-0.25, -0.2) is 0 Å². The van der Waals surface area contributed by atoms with Crippen LogP contribution in [0.2, 0.25) is 0 Å². The third-order valence-electron chi connectivity index (χ3n) is 5.65. The largest absolute Gasteiger partial charge is 1.00 e. The molecular formula is C27H54NNaO3. The zero-order valence-corrected chi connectivity index (χ0v) is 24.3. The van der Waals surface area contributed by atoms with E-state index in [4.69, 9.17) is 5.11 Å². The fraction of sp³-hybridized carbons (Fsp3) is 0.889. The first-order valence-corrected chi connectivity index (χ1v) is 13.2. The van der Waals surface area contributed by atoms with E-state index in [1.807, 2.05) is 0 Å². The van der Waals surface area contributed by atoms with Crippen molar-refractivity contribution < 1.29 is 44.3 Å². The average Bonchev–Trinajstić information content (AvgIpc) is 2.74. The van der Waals surface area contributed by atoms with Crippen LogP contribution in [-0.4, -0.2) is 35.5 Å². The van der Waals surface area contributed by atoms with Crippen LogP contribution in [0.15, 0.2) is 0 Å². The van der Waals surface area contributed by atoms with Gasteiger partial charge in [-0.2, -0.15) is 6.42 Å². The third-order valence-corrected chi connectivity index (χ3v) is 5.65. The van der Waals surface area contributed by atoms with Crippen LogP contribution in [-0.2, 0) is 9.59 Å². The summed E-state index contributed by atoms with van der Waals surface area (Å²) in [5, 5.41) is 8.57. The number of nitrogens with zero attached hydrogens (tertiary/aromatic N) is 1. The van der Waals surface area contributed by atoms with E-state index in [1.165, 1.54) is 108 Å². The molecule has 0 spiro atoms. The normalized spacial score (nSPS) is 10.1. The number of hydrogen-bond acceptors (Lipinski definition) is 2. The van der Waals surface area contributed by atoms with Crippen LogP contribution in [0, 0.1) is 6.92 Å². The van der Waals surface area contributed by atoms with Crippen molar-refractivity contribution in [2.75, 3.05) is 13.6 Å². The Bertz CT molecular complexity index is 381. The van der Waals surface area contributed by atoms with Gasteiger partial charge < -0.3 is 16.9 Å². The number of likely N-dealkylation sites (N-methyl/N-ethyl adjacent to an activating group) is 1. The van der Waals surface area contributed by atoms with Gasteiger partial charge in [-0.1, -0.05) is 123 Å². The molecule has 0 fully saturated rings. The van der Waals surface area contributed by atoms with Crippen LogP contribution in [0.1, 0.15) is 142 Å². The van der Waals surface area contributed by atoms with Gasteiger partial charge in [0.15, 0.2) is 0 Å². The topological polar surface area (TPSA) is 57.6 Å². The Labute approximate surface area is 223 Å². The first-order chi connectivity index (χ1) is 15.0. The zero-order chi connectivity index (χ0) is 23.6. The van der Waals surface area contributed by atoms with Crippen molar-refractivity contribution in [3.05, 3.63) is 6.92 Å². The third kappa shape index (κ3) is 32.1. The molecule has 0 aromatic heterocycles. The molecule has 0 heterocycles. The van der Waals surface area contributed by atoms with E-state index in [-0.39, 0.29) is 42.0 Å². The maximum atomic E-state index is 11.5. The molecule has 0 saturated heterocycles. The molecule has 0 aliphatic rings. The van der Waals surface area contributed by atoms with E-state index < -0.39 is 5.97 Å². The molecule has 0 aromatic carbocycles. The minimum absolute atomic E-state index is 0. The summed E-state index contributed by atoms with van der Waals surface area (Å²) >= 11 is 0. The van der Waals surface area contributed by atoms with E-state index in [9.17, 15) is 9.59 Å². The molecule has 0 radical (unpaired) electrons. The van der Waals surface area contributed by atoms with Crippen LogP contribution >= 0.6 is 0 Å². The molecule has 0 aliphatic carbocycles. The molecule has 32 heavy (non-hydrogen) atoms. The number of unbranched alkanes of at least 4 members (excludes halogenated alkanes) is 17. The number of hydrogen-bond donors (Lipinski definition) is 1. The summed E-state index contributed by atoms with van der Waals surface area (Å²) in [5.41, 5.74) is 0. The Kier molecular flexibility index (Phi) is 35.3. The minimum atomic E-state index is -0.956. The summed E-state index contributed by atoms with van der Waals surface area (Å²) in [4.78, 5) is 23.3. The number of rotatable bonds is 21. The monoisotopic (exact) mass is 463 g/mol. The standard InChI is InChI=1S/C15H29NO3.C12H25.Na/c1-3-4-5-6-7-8-9-10-11-12-14(17)16(2)13-15(18)19;1-3-5-7-9-11-12-10-8-6-4-2;/h3-13H2,1-2H3,(H,18,19);1,3-12H2,2H3;/q;-1;+1. The summed E-state index contributed by atoms with van der Waals surface area (Å²) < 4.78 is 0. The van der Waals surface area contributed by atoms with E-state index in [2.05, 4.69) is 20.8 Å². The summed E-state index contributed by atoms with van der Waals surface area (Å²) in [6, 6.07) is 0. The molecule has 1 amide bonds. The molecule has 186 valence electrons. The van der Waals surface area contributed by atoms with Gasteiger partial charge in [-0.3, -0.25) is 9.59 Å². The quantitative estimate of drug-likeness (QED) is 0.145. The predicted octanol–water partition coefficient (Wildman–Crippen LogP) is 5.20. The van der Waals surface area contributed by atoms with Crippen molar-refractivity contribution >= 4 is 11.9 Å². The van der Waals surface area contributed by atoms with E-state index in [1.54, 1.807) is 7.05 Å². The van der Waals surface area contributed by atoms with Crippen LogP contribution in [0.3, 0.4) is 0 Å². The number of carboxylic acids is 1. The fourth-order valence-corrected chi connectivity index (χ4v) is 3.56. The second kappa shape index (κ2) is 30.9. The summed E-state index contributed by atoms with van der Waals surface area (Å²) in [7, 11) is 1.55. The summed E-state index contributed by atoms with van der Waals surface area (Å²) in [5.74, 6) is -1.02. The smallest absolute Gasteiger partial charge is 0.480 e. The first-order valence-electron chi connectivity index (χ1n) is 13.2. The number of carbonyl (C=O) groups excluding carboxylic acids is 1. The Morgan fingerprint density at radius 1 is 0.656 bits per heavy atom. The van der Waals surface area contributed by atoms with E-state index >= 15 is 0 Å². The molecule has 0 rings (SSSR count). The predicted molar refractivity (Wildman–Crippen MR) is 134 cm³/mol. The van der Waals surface area contributed by atoms with Crippen LogP contribution in [0.25, 0.3) is 0 Å². The van der Waals surface area contributed by atoms with E-state index in [0.717, 1.165) is 19.3 Å². The van der Waals surface area contributed by atoms with Gasteiger partial charge in [0.2, 0.25) is 5.91 Å². The van der Waals surface area contributed by atoms with Gasteiger partial charge in [-0.15, -0.1) is 0 Å². The molecule has 0 aliphatic heterocycles. The van der Waals surface area contributed by atoms with Crippen molar-refractivity contribution in [1.29, 1.82) is 0 Å². The van der Waals surface area contributed by atoms with Gasteiger partial charge in [0.1, 0.15) is 6.54 Å². The van der Waals surface area contributed by atoms with Gasteiger partial charge in [0.05, 0.1) is 0 Å². The SMILES string of the molecule is CCCCCCCCCCCC(=O)N(C)CC(=O)O.[CH2-]CCCCCCCCCCC.[Na+]. The maximum Gasteiger partial charge on any atom is 1.00 e. The van der Waals surface area contributed by atoms with Crippen LogP contribution in [0.4, 0.5) is 0 Å². The number of aliphatic carboxylic acids is 1. The molecule has 0 atom stereocenters. The van der Waals surface area contributed by atoms with Crippen LogP contribution < -0.4 is 29.6 Å².